The Morgan fingerprint density at radius 2 is 1.35 bits per heavy atom. The van der Waals surface area contributed by atoms with E-state index in [2.05, 4.69) is 16.8 Å². The zero-order valence-corrected chi connectivity index (χ0v) is 13.7. The van der Waals surface area contributed by atoms with Crippen molar-refractivity contribution in [2.45, 2.75) is 97.5 Å². The first-order valence-corrected chi connectivity index (χ1v) is 8.01. The standard InChI is InChI=1S/C16H32O4/c1-5-6-7-8-9-10-11-12-13-14-15(17)18-20-19-16(2,3)4/h5-14H2,1-4H3. The van der Waals surface area contributed by atoms with Gasteiger partial charge in [-0.2, -0.15) is 4.89 Å². The molecule has 0 rings (SSSR count). The third kappa shape index (κ3) is 15.4. The Morgan fingerprint density at radius 1 is 0.850 bits per heavy atom. The van der Waals surface area contributed by atoms with Gasteiger partial charge >= 0.3 is 5.97 Å². The lowest BCUT2D eigenvalue weighted by Gasteiger charge is -2.15. The van der Waals surface area contributed by atoms with Crippen LogP contribution in [0.1, 0.15) is 91.9 Å². The minimum absolute atomic E-state index is 0.364. The number of unbranched alkanes of at least 4 members (excludes halogenated alkanes) is 8. The molecule has 0 aliphatic heterocycles. The van der Waals surface area contributed by atoms with Crippen molar-refractivity contribution in [3.63, 3.8) is 0 Å². The van der Waals surface area contributed by atoms with E-state index in [9.17, 15) is 4.79 Å². The summed E-state index contributed by atoms with van der Waals surface area (Å²) in [7, 11) is 0. The monoisotopic (exact) mass is 288 g/mol. The van der Waals surface area contributed by atoms with Gasteiger partial charge < -0.3 is 0 Å². The maximum atomic E-state index is 11.3. The van der Waals surface area contributed by atoms with Gasteiger partial charge in [0.15, 0.2) is 0 Å². The van der Waals surface area contributed by atoms with E-state index in [0.717, 1.165) is 12.8 Å². The van der Waals surface area contributed by atoms with Crippen molar-refractivity contribution in [3.8, 4) is 0 Å². The van der Waals surface area contributed by atoms with Gasteiger partial charge in [-0.25, -0.2) is 4.79 Å². The fourth-order valence-corrected chi connectivity index (χ4v) is 1.78. The lowest BCUT2D eigenvalue weighted by Crippen LogP contribution is -2.20. The zero-order valence-electron chi connectivity index (χ0n) is 13.7. The number of hydrogen-bond acceptors (Lipinski definition) is 4. The summed E-state index contributed by atoms with van der Waals surface area (Å²) in [4.78, 5) is 20.7. The van der Waals surface area contributed by atoms with Crippen LogP contribution in [0.4, 0.5) is 0 Å². The quantitative estimate of drug-likeness (QED) is 0.284. The number of rotatable bonds is 12. The van der Waals surface area contributed by atoms with E-state index in [4.69, 9.17) is 4.89 Å². The Morgan fingerprint density at radius 3 is 1.85 bits per heavy atom. The smallest absolute Gasteiger partial charge is 0.269 e. The Labute approximate surface area is 124 Å². The van der Waals surface area contributed by atoms with E-state index in [0.29, 0.717) is 6.42 Å². The van der Waals surface area contributed by atoms with Gasteiger partial charge in [-0.05, 0) is 32.2 Å². The van der Waals surface area contributed by atoms with Gasteiger partial charge in [-0.3, -0.25) is 4.89 Å². The molecule has 0 bridgehead atoms. The van der Waals surface area contributed by atoms with Crippen molar-refractivity contribution in [2.24, 2.45) is 0 Å². The summed E-state index contributed by atoms with van der Waals surface area (Å²) < 4.78 is 0. The van der Waals surface area contributed by atoms with Gasteiger partial charge in [0.1, 0.15) is 0 Å². The summed E-state index contributed by atoms with van der Waals surface area (Å²) in [6.07, 6.45) is 11.4. The first-order valence-electron chi connectivity index (χ1n) is 8.01. The van der Waals surface area contributed by atoms with Crippen molar-refractivity contribution >= 4 is 5.97 Å². The van der Waals surface area contributed by atoms with E-state index >= 15 is 0 Å². The van der Waals surface area contributed by atoms with Crippen LogP contribution in [-0.2, 0) is 19.6 Å². The Hall–Kier alpha value is -0.610. The third-order valence-corrected chi connectivity index (χ3v) is 2.90. The van der Waals surface area contributed by atoms with Gasteiger partial charge in [-0.1, -0.05) is 58.3 Å². The van der Waals surface area contributed by atoms with Crippen LogP contribution in [0.2, 0.25) is 0 Å². The summed E-state index contributed by atoms with van der Waals surface area (Å²) in [5.74, 6) is -0.364. The molecule has 0 aromatic carbocycles. The number of hydrogen-bond donors (Lipinski definition) is 0. The molecule has 0 amide bonds. The van der Waals surface area contributed by atoms with Gasteiger partial charge in [0, 0.05) is 6.42 Å². The molecule has 0 unspecified atom stereocenters. The van der Waals surface area contributed by atoms with Crippen molar-refractivity contribution in [1.82, 2.24) is 0 Å². The van der Waals surface area contributed by atoms with Gasteiger partial charge in [-0.15, -0.1) is 0 Å². The van der Waals surface area contributed by atoms with E-state index in [1.54, 1.807) is 0 Å². The average Bonchev–Trinajstić information content (AvgIpc) is 2.35. The largest absolute Gasteiger partial charge is 0.345 e. The highest BCUT2D eigenvalue weighted by Crippen LogP contribution is 2.11. The fraction of sp³-hybridized carbons (Fsp3) is 0.938. The molecule has 0 saturated carbocycles. The highest BCUT2D eigenvalue weighted by Gasteiger charge is 2.13. The summed E-state index contributed by atoms with van der Waals surface area (Å²) >= 11 is 0. The summed E-state index contributed by atoms with van der Waals surface area (Å²) in [6.45, 7) is 7.69. The normalized spacial score (nSPS) is 11.6. The molecule has 0 N–H and O–H groups in total. The second-order valence-electron chi connectivity index (χ2n) is 6.30. The molecule has 0 radical (unpaired) electrons. The molecular formula is C16H32O4. The minimum Gasteiger partial charge on any atom is -0.269 e. The predicted molar refractivity (Wildman–Crippen MR) is 79.9 cm³/mol. The number of carbonyl (C=O) groups is 1. The lowest BCUT2D eigenvalue weighted by molar-refractivity contribution is -0.514. The summed E-state index contributed by atoms with van der Waals surface area (Å²) in [5.41, 5.74) is -0.474. The molecule has 0 aliphatic carbocycles. The molecule has 4 heteroatoms. The summed E-state index contributed by atoms with van der Waals surface area (Å²) in [5, 5.41) is 4.44. The molecule has 120 valence electrons. The van der Waals surface area contributed by atoms with Gasteiger partial charge in [0.2, 0.25) is 0 Å². The molecule has 0 spiro atoms. The first kappa shape index (κ1) is 19.4. The van der Waals surface area contributed by atoms with Crippen LogP contribution in [0.15, 0.2) is 0 Å². The molecule has 0 saturated heterocycles. The highest BCUT2D eigenvalue weighted by molar-refractivity contribution is 5.68. The second-order valence-corrected chi connectivity index (χ2v) is 6.30. The van der Waals surface area contributed by atoms with Crippen LogP contribution in [0.3, 0.4) is 0 Å². The summed E-state index contributed by atoms with van der Waals surface area (Å²) in [6, 6.07) is 0. The maximum Gasteiger partial charge on any atom is 0.345 e. The van der Waals surface area contributed by atoms with Crippen molar-refractivity contribution in [3.05, 3.63) is 0 Å². The van der Waals surface area contributed by atoms with Crippen molar-refractivity contribution < 1.29 is 19.6 Å². The molecule has 4 nitrogen and oxygen atoms in total. The predicted octanol–water partition coefficient (Wildman–Crippen LogP) is 5.11. The van der Waals surface area contributed by atoms with E-state index in [1.807, 2.05) is 20.8 Å². The molecule has 0 fully saturated rings. The second kappa shape index (κ2) is 12.2. The zero-order chi connectivity index (χ0) is 15.3. The van der Waals surface area contributed by atoms with E-state index in [1.165, 1.54) is 44.9 Å². The molecule has 20 heavy (non-hydrogen) atoms. The lowest BCUT2D eigenvalue weighted by atomic mass is 10.1. The first-order chi connectivity index (χ1) is 9.45. The number of carbonyl (C=O) groups excluding carboxylic acids is 1. The molecular weight excluding hydrogens is 256 g/mol. The third-order valence-electron chi connectivity index (χ3n) is 2.90. The van der Waals surface area contributed by atoms with Gasteiger partial charge in [0.05, 0.1) is 5.60 Å². The Bertz CT molecular complexity index is 233. The average molecular weight is 288 g/mol. The van der Waals surface area contributed by atoms with Crippen LogP contribution < -0.4 is 0 Å². The van der Waals surface area contributed by atoms with E-state index < -0.39 is 5.60 Å². The van der Waals surface area contributed by atoms with Gasteiger partial charge in [0.25, 0.3) is 0 Å². The van der Waals surface area contributed by atoms with Crippen LogP contribution in [0.5, 0.6) is 0 Å². The van der Waals surface area contributed by atoms with Crippen molar-refractivity contribution in [1.29, 1.82) is 0 Å². The van der Waals surface area contributed by atoms with E-state index in [-0.39, 0.29) is 5.97 Å². The Balaban J connectivity index is 3.23. The highest BCUT2D eigenvalue weighted by atomic mass is 17.5. The molecule has 0 aromatic rings. The van der Waals surface area contributed by atoms with Crippen LogP contribution in [0.25, 0.3) is 0 Å². The topological polar surface area (TPSA) is 44.8 Å². The fourth-order valence-electron chi connectivity index (χ4n) is 1.78. The van der Waals surface area contributed by atoms with Crippen LogP contribution in [-0.4, -0.2) is 11.6 Å². The van der Waals surface area contributed by atoms with Crippen LogP contribution in [0, 0.1) is 0 Å². The minimum atomic E-state index is -0.474. The Kier molecular flexibility index (Phi) is 11.8. The molecule has 0 aliphatic rings. The molecule has 0 heterocycles. The maximum absolute atomic E-state index is 11.3. The van der Waals surface area contributed by atoms with Crippen LogP contribution >= 0.6 is 0 Å². The van der Waals surface area contributed by atoms with Crippen molar-refractivity contribution in [2.75, 3.05) is 0 Å². The molecule has 0 aromatic heterocycles. The molecule has 0 atom stereocenters. The SMILES string of the molecule is CCCCCCCCCCCC(=O)OOOC(C)(C)C.